The van der Waals surface area contributed by atoms with Crippen LogP contribution < -0.4 is 14.8 Å². The topological polar surface area (TPSA) is 30.5 Å². The van der Waals surface area contributed by atoms with Crippen molar-refractivity contribution in [2.24, 2.45) is 0 Å². The molecule has 0 spiro atoms. The van der Waals surface area contributed by atoms with E-state index in [0.29, 0.717) is 25.4 Å². The fourth-order valence-electron chi connectivity index (χ4n) is 2.31. The van der Waals surface area contributed by atoms with Gasteiger partial charge >= 0.3 is 0 Å². The molecule has 0 radical (unpaired) electrons. The first kappa shape index (κ1) is 14.2. The second kappa shape index (κ2) is 5.93. The number of halogens is 2. The predicted octanol–water partition coefficient (Wildman–Crippen LogP) is 4.28. The average molecular weight is 352 g/mol. The van der Waals surface area contributed by atoms with Crippen molar-refractivity contribution in [3.05, 3.63) is 51.7 Å². The second-order valence-electron chi connectivity index (χ2n) is 4.89. The van der Waals surface area contributed by atoms with Crippen LogP contribution in [0.15, 0.2) is 34.8 Å². The Kier molecular flexibility index (Phi) is 4.01. The summed E-state index contributed by atoms with van der Waals surface area (Å²) < 4.78 is 25.8. The van der Waals surface area contributed by atoms with Crippen LogP contribution in [0, 0.1) is 12.7 Å². The molecule has 0 unspecified atom stereocenters. The summed E-state index contributed by atoms with van der Waals surface area (Å²) in [5.74, 6) is 1.20. The lowest BCUT2D eigenvalue weighted by Crippen LogP contribution is -2.16. The van der Waals surface area contributed by atoms with E-state index in [-0.39, 0.29) is 5.82 Å². The lowest BCUT2D eigenvalue weighted by Gasteiger charge is -2.20. The highest BCUT2D eigenvalue weighted by Crippen LogP contribution is 2.38. The maximum atomic E-state index is 13.8. The van der Waals surface area contributed by atoms with Gasteiger partial charge in [0.15, 0.2) is 11.5 Å². The Bertz CT molecular complexity index is 655. The van der Waals surface area contributed by atoms with Gasteiger partial charge in [0.1, 0.15) is 19.0 Å². The minimum absolute atomic E-state index is 0.244. The lowest BCUT2D eigenvalue weighted by atomic mass is 10.1. The molecule has 2 aromatic rings. The molecule has 21 heavy (non-hydrogen) atoms. The summed E-state index contributed by atoms with van der Waals surface area (Å²) in [5, 5.41) is 3.14. The molecule has 1 aliphatic heterocycles. The first-order valence-electron chi connectivity index (χ1n) is 6.72. The van der Waals surface area contributed by atoms with E-state index in [1.165, 1.54) is 6.07 Å². The normalized spacial score (nSPS) is 13.1. The van der Waals surface area contributed by atoms with Crippen molar-refractivity contribution in [1.29, 1.82) is 0 Å². The van der Waals surface area contributed by atoms with Crippen LogP contribution in [-0.2, 0) is 6.54 Å². The number of benzene rings is 2. The third kappa shape index (κ3) is 2.97. The molecule has 0 amide bonds. The number of hydrogen-bond donors (Lipinski definition) is 1. The minimum Gasteiger partial charge on any atom is -0.486 e. The highest BCUT2D eigenvalue weighted by atomic mass is 79.9. The van der Waals surface area contributed by atoms with Crippen molar-refractivity contribution in [3.8, 4) is 11.5 Å². The molecule has 1 aliphatic rings. The van der Waals surface area contributed by atoms with Crippen LogP contribution in [0.5, 0.6) is 11.5 Å². The van der Waals surface area contributed by atoms with Gasteiger partial charge in [-0.05, 0) is 52.2 Å². The molecule has 1 heterocycles. The van der Waals surface area contributed by atoms with Gasteiger partial charge in [-0.25, -0.2) is 4.39 Å². The van der Waals surface area contributed by atoms with Crippen molar-refractivity contribution in [2.45, 2.75) is 13.5 Å². The summed E-state index contributed by atoms with van der Waals surface area (Å²) in [5.41, 5.74) is 2.41. The Labute approximate surface area is 131 Å². The first-order valence-corrected chi connectivity index (χ1v) is 7.51. The van der Waals surface area contributed by atoms with Crippen molar-refractivity contribution in [2.75, 3.05) is 18.5 Å². The van der Waals surface area contributed by atoms with Gasteiger partial charge in [-0.2, -0.15) is 0 Å². The van der Waals surface area contributed by atoms with Gasteiger partial charge in [0, 0.05) is 6.54 Å². The van der Waals surface area contributed by atoms with E-state index in [4.69, 9.17) is 9.47 Å². The van der Waals surface area contributed by atoms with Crippen molar-refractivity contribution < 1.29 is 13.9 Å². The number of aryl methyl sites for hydroxylation is 1. The van der Waals surface area contributed by atoms with E-state index in [0.717, 1.165) is 27.1 Å². The van der Waals surface area contributed by atoms with E-state index in [9.17, 15) is 4.39 Å². The third-order valence-corrected chi connectivity index (χ3v) is 3.94. The maximum Gasteiger partial charge on any atom is 0.175 e. The number of anilines is 1. The molecule has 0 aromatic heterocycles. The molecule has 0 saturated carbocycles. The van der Waals surface area contributed by atoms with Crippen molar-refractivity contribution in [3.63, 3.8) is 0 Å². The number of nitrogens with one attached hydrogen (secondary N) is 1. The number of ether oxygens (including phenoxy) is 2. The standard InChI is InChI=1S/C16H15BrFNO2/c1-10-3-2-4-13(18)15(10)19-9-11-7-12(17)16-14(8-11)20-5-6-21-16/h2-4,7-8,19H,5-6,9H2,1H3. The number of hydrogen-bond acceptors (Lipinski definition) is 3. The summed E-state index contributed by atoms with van der Waals surface area (Å²) in [4.78, 5) is 0. The van der Waals surface area contributed by atoms with Gasteiger partial charge in [-0.15, -0.1) is 0 Å². The molecule has 0 aliphatic carbocycles. The molecular formula is C16H15BrFNO2. The van der Waals surface area contributed by atoms with E-state index in [1.807, 2.05) is 25.1 Å². The maximum absolute atomic E-state index is 13.8. The van der Waals surface area contributed by atoms with Gasteiger partial charge in [0.2, 0.25) is 0 Å². The monoisotopic (exact) mass is 351 g/mol. The molecule has 3 rings (SSSR count). The SMILES string of the molecule is Cc1cccc(F)c1NCc1cc(Br)c2c(c1)OCCO2. The van der Waals surface area contributed by atoms with E-state index >= 15 is 0 Å². The molecule has 5 heteroatoms. The van der Waals surface area contributed by atoms with Crippen LogP contribution in [0.3, 0.4) is 0 Å². The zero-order valence-corrected chi connectivity index (χ0v) is 13.2. The number of para-hydroxylation sites is 1. The Morgan fingerprint density at radius 1 is 1.24 bits per heavy atom. The lowest BCUT2D eigenvalue weighted by molar-refractivity contribution is 0.170. The minimum atomic E-state index is -0.244. The van der Waals surface area contributed by atoms with Crippen LogP contribution in [0.2, 0.25) is 0 Å². The Morgan fingerprint density at radius 3 is 2.86 bits per heavy atom. The summed E-state index contributed by atoms with van der Waals surface area (Å²) in [6.07, 6.45) is 0. The molecule has 110 valence electrons. The molecule has 2 aromatic carbocycles. The fourth-order valence-corrected chi connectivity index (χ4v) is 2.92. The van der Waals surface area contributed by atoms with Crippen molar-refractivity contribution in [1.82, 2.24) is 0 Å². The summed E-state index contributed by atoms with van der Waals surface area (Å²) in [6.45, 7) is 3.49. The summed E-state index contributed by atoms with van der Waals surface area (Å²) >= 11 is 3.48. The van der Waals surface area contributed by atoms with E-state index < -0.39 is 0 Å². The van der Waals surface area contributed by atoms with Crippen LogP contribution in [0.4, 0.5) is 10.1 Å². The second-order valence-corrected chi connectivity index (χ2v) is 5.74. The van der Waals surface area contributed by atoms with E-state index in [2.05, 4.69) is 21.2 Å². The van der Waals surface area contributed by atoms with Gasteiger partial charge in [0.05, 0.1) is 10.2 Å². The highest BCUT2D eigenvalue weighted by molar-refractivity contribution is 9.10. The van der Waals surface area contributed by atoms with Crippen molar-refractivity contribution >= 4 is 21.6 Å². The smallest absolute Gasteiger partial charge is 0.175 e. The summed E-state index contributed by atoms with van der Waals surface area (Å²) in [7, 11) is 0. The molecule has 0 bridgehead atoms. The molecule has 3 nitrogen and oxygen atoms in total. The molecule has 0 fully saturated rings. The molecule has 0 saturated heterocycles. The van der Waals surface area contributed by atoms with Crippen LogP contribution in [0.1, 0.15) is 11.1 Å². The predicted molar refractivity (Wildman–Crippen MR) is 83.6 cm³/mol. The third-order valence-electron chi connectivity index (χ3n) is 3.35. The summed E-state index contributed by atoms with van der Waals surface area (Å²) in [6, 6.07) is 8.91. The van der Waals surface area contributed by atoms with Crippen LogP contribution in [0.25, 0.3) is 0 Å². The first-order chi connectivity index (χ1) is 10.1. The Balaban J connectivity index is 1.81. The Morgan fingerprint density at radius 2 is 2.05 bits per heavy atom. The number of fused-ring (bicyclic) bond motifs is 1. The quantitative estimate of drug-likeness (QED) is 0.895. The zero-order valence-electron chi connectivity index (χ0n) is 11.6. The largest absolute Gasteiger partial charge is 0.486 e. The van der Waals surface area contributed by atoms with Crippen LogP contribution in [-0.4, -0.2) is 13.2 Å². The Hall–Kier alpha value is -1.75. The average Bonchev–Trinajstić information content (AvgIpc) is 2.47. The molecule has 1 N–H and O–H groups in total. The molecule has 0 atom stereocenters. The van der Waals surface area contributed by atoms with Gasteiger partial charge in [-0.1, -0.05) is 12.1 Å². The van der Waals surface area contributed by atoms with Gasteiger partial charge in [-0.3, -0.25) is 0 Å². The zero-order chi connectivity index (χ0) is 14.8. The van der Waals surface area contributed by atoms with Crippen LogP contribution >= 0.6 is 15.9 Å². The number of rotatable bonds is 3. The van der Waals surface area contributed by atoms with Gasteiger partial charge < -0.3 is 14.8 Å². The van der Waals surface area contributed by atoms with E-state index in [1.54, 1.807) is 6.07 Å². The molecular weight excluding hydrogens is 337 g/mol. The van der Waals surface area contributed by atoms with Gasteiger partial charge in [0.25, 0.3) is 0 Å². The fraction of sp³-hybridized carbons (Fsp3) is 0.250. The highest BCUT2D eigenvalue weighted by Gasteiger charge is 2.16.